The van der Waals surface area contributed by atoms with Crippen LogP contribution >= 0.6 is 0 Å². The van der Waals surface area contributed by atoms with Crippen LogP contribution in [0.3, 0.4) is 0 Å². The van der Waals surface area contributed by atoms with E-state index in [1.54, 1.807) is 0 Å². The van der Waals surface area contributed by atoms with Crippen molar-refractivity contribution in [3.63, 3.8) is 0 Å². The van der Waals surface area contributed by atoms with Gasteiger partial charge in [-0.15, -0.1) is 0 Å². The Morgan fingerprint density at radius 2 is 2.04 bits per heavy atom. The molecule has 1 heterocycles. The van der Waals surface area contributed by atoms with E-state index in [9.17, 15) is 4.79 Å². The van der Waals surface area contributed by atoms with E-state index in [1.807, 2.05) is 32.0 Å². The third-order valence-corrected chi connectivity index (χ3v) is 4.47. The summed E-state index contributed by atoms with van der Waals surface area (Å²) in [6.07, 6.45) is 5.43. The maximum atomic E-state index is 12.1. The Balaban J connectivity index is 1.78. The van der Waals surface area contributed by atoms with Crippen LogP contribution in [-0.2, 0) is 4.74 Å². The molecule has 1 aliphatic rings. The maximum absolute atomic E-state index is 12.1. The minimum absolute atomic E-state index is 0.116. The maximum Gasteiger partial charge on any atom is 0.411 e. The van der Waals surface area contributed by atoms with Gasteiger partial charge in [0.15, 0.2) is 0 Å². The Labute approximate surface area is 151 Å². The predicted octanol–water partition coefficient (Wildman–Crippen LogP) is 4.60. The number of rotatable bonds is 8. The number of hydrogen-bond donors (Lipinski definition) is 1. The molecule has 5 nitrogen and oxygen atoms in total. The minimum atomic E-state index is -0.396. The van der Waals surface area contributed by atoms with E-state index in [0.717, 1.165) is 56.1 Å². The third kappa shape index (κ3) is 6.94. The SMILES string of the molecule is CCCCOc1ccc(NC(=O)OC(C)CN2CCCCC2)c(C)c1. The molecule has 25 heavy (non-hydrogen) atoms. The summed E-state index contributed by atoms with van der Waals surface area (Å²) in [5.41, 5.74) is 1.73. The first-order valence-electron chi connectivity index (χ1n) is 9.52. The number of amides is 1. The van der Waals surface area contributed by atoms with Crippen LogP contribution in [0.25, 0.3) is 0 Å². The molecule has 1 fully saturated rings. The number of aryl methyl sites for hydroxylation is 1. The molecule has 0 aliphatic carbocycles. The molecule has 0 saturated carbocycles. The van der Waals surface area contributed by atoms with Crippen LogP contribution in [0.4, 0.5) is 10.5 Å². The molecule has 0 spiro atoms. The Morgan fingerprint density at radius 1 is 1.28 bits per heavy atom. The molecule has 5 heteroatoms. The fourth-order valence-electron chi connectivity index (χ4n) is 3.07. The summed E-state index contributed by atoms with van der Waals surface area (Å²) >= 11 is 0. The number of likely N-dealkylation sites (tertiary alicyclic amines) is 1. The van der Waals surface area contributed by atoms with Gasteiger partial charge in [-0.05, 0) is 70.0 Å². The van der Waals surface area contributed by atoms with Gasteiger partial charge in [0.2, 0.25) is 0 Å². The summed E-state index contributed by atoms with van der Waals surface area (Å²) in [7, 11) is 0. The fourth-order valence-corrected chi connectivity index (χ4v) is 3.07. The fraction of sp³-hybridized carbons (Fsp3) is 0.650. The van der Waals surface area contributed by atoms with E-state index >= 15 is 0 Å². The Bertz CT molecular complexity index is 542. The van der Waals surface area contributed by atoms with Crippen LogP contribution in [0.1, 0.15) is 51.5 Å². The molecule has 1 atom stereocenters. The molecule has 0 bridgehead atoms. The molecule has 2 rings (SSSR count). The molecule has 1 N–H and O–H groups in total. The van der Waals surface area contributed by atoms with E-state index in [-0.39, 0.29) is 6.10 Å². The van der Waals surface area contributed by atoms with Gasteiger partial charge in [0, 0.05) is 12.2 Å². The molecule has 0 aromatic heterocycles. The first kappa shape index (κ1) is 19.6. The molecule has 140 valence electrons. The van der Waals surface area contributed by atoms with Crippen LogP contribution in [-0.4, -0.2) is 43.3 Å². The number of ether oxygens (including phenoxy) is 2. The van der Waals surface area contributed by atoms with Crippen molar-refractivity contribution in [3.05, 3.63) is 23.8 Å². The lowest BCUT2D eigenvalue weighted by Gasteiger charge is -2.28. The van der Waals surface area contributed by atoms with E-state index < -0.39 is 6.09 Å². The highest BCUT2D eigenvalue weighted by Crippen LogP contribution is 2.22. The van der Waals surface area contributed by atoms with Crippen LogP contribution in [0.15, 0.2) is 18.2 Å². The van der Waals surface area contributed by atoms with Crippen molar-refractivity contribution in [2.75, 3.05) is 31.6 Å². The average Bonchev–Trinajstić information content (AvgIpc) is 2.58. The first-order valence-corrected chi connectivity index (χ1v) is 9.52. The molecule has 0 radical (unpaired) electrons. The van der Waals surface area contributed by atoms with Gasteiger partial charge in [-0.3, -0.25) is 10.2 Å². The van der Waals surface area contributed by atoms with Crippen LogP contribution in [0, 0.1) is 6.92 Å². The highest BCUT2D eigenvalue weighted by Gasteiger charge is 2.16. The molecule has 1 aliphatic heterocycles. The van der Waals surface area contributed by atoms with Gasteiger partial charge >= 0.3 is 6.09 Å². The lowest BCUT2D eigenvalue weighted by atomic mass is 10.1. The third-order valence-electron chi connectivity index (χ3n) is 4.47. The minimum Gasteiger partial charge on any atom is -0.494 e. The summed E-state index contributed by atoms with van der Waals surface area (Å²) in [6.45, 7) is 9.78. The topological polar surface area (TPSA) is 50.8 Å². The standard InChI is InChI=1S/C20H32N2O3/c1-4-5-13-24-18-9-10-19(16(2)14-18)21-20(23)25-17(3)15-22-11-7-6-8-12-22/h9-10,14,17H,4-8,11-13,15H2,1-3H3,(H,21,23). The zero-order chi connectivity index (χ0) is 18.1. The number of nitrogens with one attached hydrogen (secondary N) is 1. The normalized spacial score (nSPS) is 16.3. The van der Waals surface area contributed by atoms with Gasteiger partial charge < -0.3 is 9.47 Å². The molecule has 1 aromatic carbocycles. The highest BCUT2D eigenvalue weighted by molar-refractivity contribution is 5.85. The van der Waals surface area contributed by atoms with Crippen molar-refractivity contribution < 1.29 is 14.3 Å². The number of nitrogens with zero attached hydrogens (tertiary/aromatic N) is 1. The highest BCUT2D eigenvalue weighted by atomic mass is 16.6. The van der Waals surface area contributed by atoms with Gasteiger partial charge in [0.1, 0.15) is 11.9 Å². The zero-order valence-corrected chi connectivity index (χ0v) is 15.8. The number of hydrogen-bond acceptors (Lipinski definition) is 4. The summed E-state index contributed by atoms with van der Waals surface area (Å²) < 4.78 is 11.2. The van der Waals surface area contributed by atoms with Crippen LogP contribution in [0.2, 0.25) is 0 Å². The second kappa shape index (κ2) is 10.3. The number of benzene rings is 1. The first-order chi connectivity index (χ1) is 12.1. The van der Waals surface area contributed by atoms with Gasteiger partial charge in [-0.1, -0.05) is 19.8 Å². The summed E-state index contributed by atoms with van der Waals surface area (Å²) in [5.74, 6) is 0.836. The Morgan fingerprint density at radius 3 is 2.72 bits per heavy atom. The average molecular weight is 348 g/mol. The summed E-state index contributed by atoms with van der Waals surface area (Å²) in [6, 6.07) is 5.70. The quantitative estimate of drug-likeness (QED) is 0.698. The summed E-state index contributed by atoms with van der Waals surface area (Å²) in [5, 5.41) is 2.84. The van der Waals surface area contributed by atoms with Crippen LogP contribution in [0.5, 0.6) is 5.75 Å². The Hall–Kier alpha value is -1.75. The monoisotopic (exact) mass is 348 g/mol. The second-order valence-corrected chi connectivity index (χ2v) is 6.88. The lowest BCUT2D eigenvalue weighted by Crippen LogP contribution is -2.37. The largest absolute Gasteiger partial charge is 0.494 e. The van der Waals surface area contributed by atoms with E-state index in [2.05, 4.69) is 17.1 Å². The van der Waals surface area contributed by atoms with Gasteiger partial charge in [-0.2, -0.15) is 0 Å². The number of carbonyl (C=O) groups excluding carboxylic acids is 1. The van der Waals surface area contributed by atoms with Gasteiger partial charge in [0.25, 0.3) is 0 Å². The summed E-state index contributed by atoms with van der Waals surface area (Å²) in [4.78, 5) is 14.5. The molecular weight excluding hydrogens is 316 g/mol. The van der Waals surface area contributed by atoms with Crippen molar-refractivity contribution in [2.45, 2.75) is 59.0 Å². The van der Waals surface area contributed by atoms with Gasteiger partial charge in [-0.25, -0.2) is 4.79 Å². The van der Waals surface area contributed by atoms with Crippen molar-refractivity contribution in [2.24, 2.45) is 0 Å². The molecule has 1 amide bonds. The molecular formula is C20H32N2O3. The predicted molar refractivity (Wildman–Crippen MR) is 101 cm³/mol. The van der Waals surface area contributed by atoms with Gasteiger partial charge in [0.05, 0.1) is 6.61 Å². The lowest BCUT2D eigenvalue weighted by molar-refractivity contribution is 0.0833. The molecule has 1 saturated heterocycles. The van der Waals surface area contributed by atoms with E-state index in [1.165, 1.54) is 19.3 Å². The van der Waals surface area contributed by atoms with Crippen molar-refractivity contribution in [1.29, 1.82) is 0 Å². The number of anilines is 1. The van der Waals surface area contributed by atoms with Crippen molar-refractivity contribution in [1.82, 2.24) is 4.90 Å². The number of unbranched alkanes of at least 4 members (excludes halogenated alkanes) is 1. The van der Waals surface area contributed by atoms with Crippen molar-refractivity contribution in [3.8, 4) is 5.75 Å². The Kier molecular flexibility index (Phi) is 8.06. The zero-order valence-electron chi connectivity index (χ0n) is 15.8. The van der Waals surface area contributed by atoms with Crippen LogP contribution < -0.4 is 10.1 Å². The second-order valence-electron chi connectivity index (χ2n) is 6.88. The smallest absolute Gasteiger partial charge is 0.411 e. The molecule has 1 aromatic rings. The molecule has 1 unspecified atom stereocenters. The number of carbonyl (C=O) groups is 1. The van der Waals surface area contributed by atoms with E-state index in [4.69, 9.17) is 9.47 Å². The van der Waals surface area contributed by atoms with E-state index in [0.29, 0.717) is 0 Å². The van der Waals surface area contributed by atoms with Crippen molar-refractivity contribution >= 4 is 11.8 Å². The number of piperidine rings is 1.